The van der Waals surface area contributed by atoms with Gasteiger partial charge in [0, 0.05) is 29.3 Å². The van der Waals surface area contributed by atoms with Gasteiger partial charge in [0.25, 0.3) is 5.56 Å². The number of likely N-dealkylation sites (N-methyl/N-ethyl adjacent to an activating group) is 1. The lowest BCUT2D eigenvalue weighted by molar-refractivity contribution is -0.121. The quantitative estimate of drug-likeness (QED) is 0.807. The van der Waals surface area contributed by atoms with Gasteiger partial charge in [0.05, 0.1) is 0 Å². The molecule has 0 aliphatic carbocycles. The molecule has 0 fully saturated rings. The Morgan fingerprint density at radius 3 is 2.79 bits per heavy atom. The predicted molar refractivity (Wildman–Crippen MR) is 81.8 cm³/mol. The second-order valence-electron chi connectivity index (χ2n) is 4.08. The SMILES string of the molecule is CCN[C@H](C)CNC(=O)Cn1cc(Br)ccc1=O.Cl. The van der Waals surface area contributed by atoms with Crippen LogP contribution in [-0.2, 0) is 11.3 Å². The third-order valence-electron chi connectivity index (χ3n) is 2.42. The summed E-state index contributed by atoms with van der Waals surface area (Å²) in [5.74, 6) is -0.167. The molecule has 1 rings (SSSR count). The first-order valence-corrected chi connectivity index (χ1v) is 6.68. The Morgan fingerprint density at radius 2 is 2.16 bits per heavy atom. The van der Waals surface area contributed by atoms with E-state index in [9.17, 15) is 9.59 Å². The molecule has 0 bridgehead atoms. The van der Waals surface area contributed by atoms with Crippen molar-refractivity contribution in [2.24, 2.45) is 0 Å². The third-order valence-corrected chi connectivity index (χ3v) is 2.89. The molecule has 5 nitrogen and oxygen atoms in total. The van der Waals surface area contributed by atoms with E-state index in [0.717, 1.165) is 11.0 Å². The molecule has 1 aromatic rings. The molecule has 0 saturated heterocycles. The van der Waals surface area contributed by atoms with E-state index in [1.165, 1.54) is 10.6 Å². The maximum atomic E-state index is 11.7. The molecule has 0 radical (unpaired) electrons. The smallest absolute Gasteiger partial charge is 0.251 e. The average molecular weight is 353 g/mol. The Balaban J connectivity index is 0.00000324. The lowest BCUT2D eigenvalue weighted by Crippen LogP contribution is -2.40. The number of carbonyl (C=O) groups is 1. The van der Waals surface area contributed by atoms with Gasteiger partial charge >= 0.3 is 0 Å². The zero-order chi connectivity index (χ0) is 13.5. The van der Waals surface area contributed by atoms with E-state index in [1.54, 1.807) is 12.3 Å². The molecule has 1 atom stereocenters. The summed E-state index contributed by atoms with van der Waals surface area (Å²) in [7, 11) is 0. The minimum absolute atomic E-state index is 0. The first-order valence-electron chi connectivity index (χ1n) is 5.89. The lowest BCUT2D eigenvalue weighted by atomic mass is 10.3. The van der Waals surface area contributed by atoms with Crippen molar-refractivity contribution in [3.05, 3.63) is 33.2 Å². The molecule has 0 saturated carbocycles. The van der Waals surface area contributed by atoms with Gasteiger partial charge in [0.15, 0.2) is 0 Å². The summed E-state index contributed by atoms with van der Waals surface area (Å²) in [4.78, 5) is 23.2. The van der Waals surface area contributed by atoms with E-state index in [2.05, 4.69) is 26.6 Å². The second kappa shape index (κ2) is 9.12. The Labute approximate surface area is 127 Å². The molecule has 0 aliphatic heterocycles. The number of pyridine rings is 1. The topological polar surface area (TPSA) is 63.1 Å². The summed E-state index contributed by atoms with van der Waals surface area (Å²) in [5, 5.41) is 5.98. The number of rotatable bonds is 6. The molecule has 0 aromatic carbocycles. The summed E-state index contributed by atoms with van der Waals surface area (Å²) in [6, 6.07) is 3.31. The molecule has 7 heteroatoms. The van der Waals surface area contributed by atoms with Gasteiger partial charge in [0.2, 0.25) is 5.91 Å². The van der Waals surface area contributed by atoms with Crippen LogP contribution in [0.1, 0.15) is 13.8 Å². The largest absolute Gasteiger partial charge is 0.353 e. The van der Waals surface area contributed by atoms with Crippen LogP contribution in [-0.4, -0.2) is 29.6 Å². The van der Waals surface area contributed by atoms with Crippen LogP contribution in [0.3, 0.4) is 0 Å². The highest BCUT2D eigenvalue weighted by molar-refractivity contribution is 9.10. The minimum atomic E-state index is -0.187. The lowest BCUT2D eigenvalue weighted by Gasteiger charge is -2.13. The van der Waals surface area contributed by atoms with Gasteiger partial charge in [0.1, 0.15) is 6.54 Å². The second-order valence-corrected chi connectivity index (χ2v) is 4.99. The van der Waals surface area contributed by atoms with E-state index < -0.39 is 0 Å². The van der Waals surface area contributed by atoms with Gasteiger partial charge in [-0.2, -0.15) is 0 Å². The van der Waals surface area contributed by atoms with Gasteiger partial charge in [-0.15, -0.1) is 12.4 Å². The maximum Gasteiger partial charge on any atom is 0.251 e. The van der Waals surface area contributed by atoms with Crippen molar-refractivity contribution >= 4 is 34.2 Å². The highest BCUT2D eigenvalue weighted by atomic mass is 79.9. The van der Waals surface area contributed by atoms with E-state index >= 15 is 0 Å². The molecule has 2 N–H and O–H groups in total. The van der Waals surface area contributed by atoms with Crippen LogP contribution >= 0.6 is 28.3 Å². The van der Waals surface area contributed by atoms with Crippen LogP contribution in [0.15, 0.2) is 27.6 Å². The summed E-state index contributed by atoms with van der Waals surface area (Å²) in [6.07, 6.45) is 1.61. The number of amides is 1. The van der Waals surface area contributed by atoms with Crippen molar-refractivity contribution in [3.63, 3.8) is 0 Å². The standard InChI is InChI=1S/C12H18BrN3O2.ClH/c1-3-14-9(2)6-15-11(17)8-16-7-10(13)4-5-12(16)18;/h4-5,7,9,14H,3,6,8H2,1-2H3,(H,15,17);1H/t9-;/m1./s1. The molecule has 1 aromatic heterocycles. The zero-order valence-corrected chi connectivity index (χ0v) is 13.4. The number of nitrogens with one attached hydrogen (secondary N) is 2. The van der Waals surface area contributed by atoms with Crippen molar-refractivity contribution < 1.29 is 4.79 Å². The summed E-state index contributed by atoms with van der Waals surface area (Å²) in [6.45, 7) is 5.46. The van der Waals surface area contributed by atoms with Gasteiger partial charge in [-0.1, -0.05) is 6.92 Å². The van der Waals surface area contributed by atoms with Crippen LogP contribution < -0.4 is 16.2 Å². The number of halogens is 2. The van der Waals surface area contributed by atoms with Crippen molar-refractivity contribution in [1.29, 1.82) is 0 Å². The Kier molecular flexibility index (Phi) is 8.71. The van der Waals surface area contributed by atoms with E-state index in [1.807, 2.05) is 13.8 Å². The molecule has 108 valence electrons. The fourth-order valence-corrected chi connectivity index (χ4v) is 1.90. The molecule has 1 amide bonds. The summed E-state index contributed by atoms with van der Waals surface area (Å²) < 4.78 is 2.15. The fourth-order valence-electron chi connectivity index (χ4n) is 1.52. The van der Waals surface area contributed by atoms with Crippen LogP contribution in [0.2, 0.25) is 0 Å². The van der Waals surface area contributed by atoms with Crippen LogP contribution in [0.5, 0.6) is 0 Å². The number of aromatic nitrogens is 1. The number of nitrogens with zero attached hydrogens (tertiary/aromatic N) is 1. The molecular weight excluding hydrogens is 334 g/mol. The van der Waals surface area contributed by atoms with Gasteiger partial charge in [-0.25, -0.2) is 0 Å². The van der Waals surface area contributed by atoms with Crippen molar-refractivity contribution in [2.45, 2.75) is 26.4 Å². The van der Waals surface area contributed by atoms with Gasteiger partial charge in [-0.05, 0) is 35.5 Å². The monoisotopic (exact) mass is 351 g/mol. The molecule has 0 aliphatic rings. The van der Waals surface area contributed by atoms with Crippen molar-refractivity contribution in [3.8, 4) is 0 Å². The average Bonchev–Trinajstić information content (AvgIpc) is 2.32. The van der Waals surface area contributed by atoms with Crippen LogP contribution in [0.4, 0.5) is 0 Å². The van der Waals surface area contributed by atoms with E-state index in [4.69, 9.17) is 0 Å². The Bertz CT molecular complexity index is 465. The van der Waals surface area contributed by atoms with E-state index in [-0.39, 0.29) is 36.5 Å². The molecule has 19 heavy (non-hydrogen) atoms. The van der Waals surface area contributed by atoms with Gasteiger partial charge < -0.3 is 15.2 Å². The fraction of sp³-hybridized carbons (Fsp3) is 0.500. The highest BCUT2D eigenvalue weighted by Gasteiger charge is 2.06. The molecule has 0 unspecified atom stereocenters. The number of hydrogen-bond donors (Lipinski definition) is 2. The molecular formula is C12H19BrClN3O2. The first kappa shape index (κ1) is 18.1. The highest BCUT2D eigenvalue weighted by Crippen LogP contribution is 2.04. The summed E-state index contributed by atoms with van der Waals surface area (Å²) in [5.41, 5.74) is -0.187. The van der Waals surface area contributed by atoms with Crippen LogP contribution in [0.25, 0.3) is 0 Å². The first-order chi connectivity index (χ1) is 8.52. The maximum absolute atomic E-state index is 11.7. The summed E-state index contributed by atoms with van der Waals surface area (Å²) >= 11 is 3.27. The number of hydrogen-bond acceptors (Lipinski definition) is 3. The minimum Gasteiger partial charge on any atom is -0.353 e. The third kappa shape index (κ3) is 6.75. The molecule has 0 spiro atoms. The van der Waals surface area contributed by atoms with Crippen LogP contribution in [0, 0.1) is 0 Å². The normalized spacial score (nSPS) is 11.5. The van der Waals surface area contributed by atoms with E-state index in [0.29, 0.717) is 6.54 Å². The predicted octanol–water partition coefficient (Wildman–Crippen LogP) is 1.15. The van der Waals surface area contributed by atoms with Gasteiger partial charge in [-0.3, -0.25) is 9.59 Å². The Morgan fingerprint density at radius 1 is 1.47 bits per heavy atom. The Hall–Kier alpha value is -0.850. The molecule has 1 heterocycles. The van der Waals surface area contributed by atoms with Crippen molar-refractivity contribution in [1.82, 2.24) is 15.2 Å². The number of carbonyl (C=O) groups excluding carboxylic acids is 1. The van der Waals surface area contributed by atoms with Crippen molar-refractivity contribution in [2.75, 3.05) is 13.1 Å². The zero-order valence-electron chi connectivity index (χ0n) is 11.0.